The number of rotatable bonds is 4. The first-order chi connectivity index (χ1) is 13.4. The normalized spacial score (nSPS) is 21.3. The Morgan fingerprint density at radius 2 is 2.04 bits per heavy atom. The van der Waals surface area contributed by atoms with E-state index in [2.05, 4.69) is 43.3 Å². The highest BCUT2D eigenvalue weighted by molar-refractivity contribution is 7.09. The number of thiazole rings is 1. The van der Waals surface area contributed by atoms with Gasteiger partial charge in [-0.05, 0) is 19.8 Å². The van der Waals surface area contributed by atoms with Crippen molar-refractivity contribution >= 4 is 23.2 Å². The SMILES string of the molecule is CCNC(=NCc1nc(C(C)(C)C)cs1)N1CCN(C(=O)C2CCCO2)CC1. The van der Waals surface area contributed by atoms with Gasteiger partial charge in [0.2, 0.25) is 0 Å². The third kappa shape index (κ3) is 5.23. The minimum Gasteiger partial charge on any atom is -0.368 e. The molecule has 2 aliphatic heterocycles. The highest BCUT2D eigenvalue weighted by atomic mass is 32.1. The summed E-state index contributed by atoms with van der Waals surface area (Å²) in [5.41, 5.74) is 1.18. The second kappa shape index (κ2) is 9.22. The van der Waals surface area contributed by atoms with Crippen LogP contribution >= 0.6 is 11.3 Å². The van der Waals surface area contributed by atoms with Gasteiger partial charge < -0.3 is 19.9 Å². The number of carbonyl (C=O) groups is 1. The Hall–Kier alpha value is -1.67. The number of nitrogens with one attached hydrogen (secondary N) is 1. The molecule has 1 aromatic heterocycles. The van der Waals surface area contributed by atoms with E-state index < -0.39 is 0 Å². The van der Waals surface area contributed by atoms with Crippen LogP contribution in [0.3, 0.4) is 0 Å². The number of amides is 1. The highest BCUT2D eigenvalue weighted by Gasteiger charge is 2.31. The molecule has 0 saturated carbocycles. The van der Waals surface area contributed by atoms with Crippen molar-refractivity contribution in [2.75, 3.05) is 39.3 Å². The number of aliphatic imine (C=N–C) groups is 1. The summed E-state index contributed by atoms with van der Waals surface area (Å²) in [6.45, 7) is 13.7. The minimum absolute atomic E-state index is 0.0643. The molecule has 156 valence electrons. The molecule has 8 heteroatoms. The first-order valence-corrected chi connectivity index (χ1v) is 11.1. The van der Waals surface area contributed by atoms with Crippen molar-refractivity contribution in [3.63, 3.8) is 0 Å². The van der Waals surface area contributed by atoms with E-state index in [1.807, 2.05) is 4.90 Å². The second-order valence-electron chi connectivity index (χ2n) is 8.36. The summed E-state index contributed by atoms with van der Waals surface area (Å²) < 4.78 is 5.55. The van der Waals surface area contributed by atoms with Crippen molar-refractivity contribution in [2.24, 2.45) is 4.99 Å². The van der Waals surface area contributed by atoms with E-state index in [-0.39, 0.29) is 17.4 Å². The number of hydrogen-bond donors (Lipinski definition) is 1. The van der Waals surface area contributed by atoms with Gasteiger partial charge in [0, 0.05) is 50.1 Å². The molecule has 2 fully saturated rings. The van der Waals surface area contributed by atoms with Crippen LogP contribution in [0, 0.1) is 0 Å². The summed E-state index contributed by atoms with van der Waals surface area (Å²) >= 11 is 1.67. The molecule has 1 aromatic rings. The van der Waals surface area contributed by atoms with E-state index >= 15 is 0 Å². The predicted octanol–water partition coefficient (Wildman–Crippen LogP) is 2.23. The van der Waals surface area contributed by atoms with Crippen LogP contribution in [-0.4, -0.2) is 72.1 Å². The first-order valence-electron chi connectivity index (χ1n) is 10.3. The van der Waals surface area contributed by atoms with Crippen LogP contribution in [0.2, 0.25) is 0 Å². The topological polar surface area (TPSA) is 70.1 Å². The monoisotopic (exact) mass is 407 g/mol. The lowest BCUT2D eigenvalue weighted by Gasteiger charge is -2.37. The fourth-order valence-electron chi connectivity index (χ4n) is 3.41. The van der Waals surface area contributed by atoms with Gasteiger partial charge in [-0.1, -0.05) is 20.8 Å². The lowest BCUT2D eigenvalue weighted by molar-refractivity contribution is -0.142. The van der Waals surface area contributed by atoms with Crippen molar-refractivity contribution in [2.45, 2.75) is 58.6 Å². The molecule has 3 rings (SSSR count). The van der Waals surface area contributed by atoms with E-state index in [1.165, 1.54) is 0 Å². The zero-order valence-electron chi connectivity index (χ0n) is 17.5. The van der Waals surface area contributed by atoms with Crippen molar-refractivity contribution < 1.29 is 9.53 Å². The van der Waals surface area contributed by atoms with Crippen LogP contribution in [0.1, 0.15) is 51.2 Å². The molecule has 1 amide bonds. The average molecular weight is 408 g/mol. The third-order valence-corrected chi connectivity index (χ3v) is 5.95. The molecule has 1 N–H and O–H groups in total. The standard InChI is InChI=1S/C20H33N5O2S/c1-5-21-19(22-13-17-23-16(14-28-17)20(2,3)4)25-10-8-24(9-11-25)18(26)15-7-6-12-27-15/h14-15H,5-13H2,1-4H3,(H,21,22). The molecule has 0 aromatic carbocycles. The first kappa shape index (κ1) is 21.0. The van der Waals surface area contributed by atoms with Gasteiger partial charge in [-0.2, -0.15) is 0 Å². The summed E-state index contributed by atoms with van der Waals surface area (Å²) in [4.78, 5) is 26.2. The number of aromatic nitrogens is 1. The fourth-order valence-corrected chi connectivity index (χ4v) is 4.36. The Bertz CT molecular complexity index is 683. The molecule has 1 atom stereocenters. The van der Waals surface area contributed by atoms with Crippen molar-refractivity contribution in [1.82, 2.24) is 20.1 Å². The molecular weight excluding hydrogens is 374 g/mol. The maximum atomic E-state index is 12.5. The highest BCUT2D eigenvalue weighted by Crippen LogP contribution is 2.24. The van der Waals surface area contributed by atoms with Crippen LogP contribution < -0.4 is 5.32 Å². The van der Waals surface area contributed by atoms with Gasteiger partial charge in [-0.3, -0.25) is 4.79 Å². The van der Waals surface area contributed by atoms with Gasteiger partial charge in [0.1, 0.15) is 11.1 Å². The maximum Gasteiger partial charge on any atom is 0.251 e. The third-order valence-electron chi connectivity index (χ3n) is 5.12. The quantitative estimate of drug-likeness (QED) is 0.612. The van der Waals surface area contributed by atoms with E-state index in [0.29, 0.717) is 26.2 Å². The molecule has 2 saturated heterocycles. The summed E-state index contributed by atoms with van der Waals surface area (Å²) in [5, 5.41) is 6.55. The number of carbonyl (C=O) groups excluding carboxylic acids is 1. The Balaban J connectivity index is 1.57. The Morgan fingerprint density at radius 3 is 2.61 bits per heavy atom. The Kier molecular flexibility index (Phi) is 6.93. The zero-order chi connectivity index (χ0) is 20.1. The maximum absolute atomic E-state index is 12.5. The zero-order valence-corrected chi connectivity index (χ0v) is 18.3. The van der Waals surface area contributed by atoms with Crippen LogP contribution in [0.15, 0.2) is 10.4 Å². The fraction of sp³-hybridized carbons (Fsp3) is 0.750. The molecule has 3 heterocycles. The summed E-state index contributed by atoms with van der Waals surface area (Å²) in [5.74, 6) is 1.05. The summed E-state index contributed by atoms with van der Waals surface area (Å²) in [7, 11) is 0. The summed E-state index contributed by atoms with van der Waals surface area (Å²) in [6.07, 6.45) is 1.62. The molecule has 0 aliphatic carbocycles. The van der Waals surface area contributed by atoms with E-state index in [9.17, 15) is 4.79 Å². The molecule has 28 heavy (non-hydrogen) atoms. The van der Waals surface area contributed by atoms with Gasteiger partial charge in [0.05, 0.1) is 12.2 Å². The Morgan fingerprint density at radius 1 is 1.32 bits per heavy atom. The van der Waals surface area contributed by atoms with Crippen molar-refractivity contribution in [3.8, 4) is 0 Å². The molecule has 7 nitrogen and oxygen atoms in total. The number of hydrogen-bond acceptors (Lipinski definition) is 5. The minimum atomic E-state index is -0.227. The number of ether oxygens (including phenoxy) is 1. The largest absolute Gasteiger partial charge is 0.368 e. The van der Waals surface area contributed by atoms with Crippen LogP contribution in [-0.2, 0) is 21.5 Å². The lowest BCUT2D eigenvalue weighted by atomic mass is 9.93. The van der Waals surface area contributed by atoms with Gasteiger partial charge in [0.15, 0.2) is 5.96 Å². The smallest absolute Gasteiger partial charge is 0.251 e. The van der Waals surface area contributed by atoms with Gasteiger partial charge in [0.25, 0.3) is 5.91 Å². The lowest BCUT2D eigenvalue weighted by Crippen LogP contribution is -2.55. The molecule has 0 bridgehead atoms. The van der Waals surface area contributed by atoms with E-state index in [1.54, 1.807) is 11.3 Å². The van der Waals surface area contributed by atoms with E-state index in [4.69, 9.17) is 14.7 Å². The number of nitrogens with zero attached hydrogens (tertiary/aromatic N) is 4. The van der Waals surface area contributed by atoms with Crippen LogP contribution in [0.25, 0.3) is 0 Å². The number of guanidine groups is 1. The number of piperazine rings is 1. The second-order valence-corrected chi connectivity index (χ2v) is 9.30. The molecular formula is C20H33N5O2S. The van der Waals surface area contributed by atoms with Crippen LogP contribution in [0.5, 0.6) is 0 Å². The van der Waals surface area contributed by atoms with Crippen LogP contribution in [0.4, 0.5) is 0 Å². The molecule has 0 spiro atoms. The summed E-state index contributed by atoms with van der Waals surface area (Å²) in [6, 6.07) is 0. The van der Waals surface area contributed by atoms with Gasteiger partial charge in [-0.15, -0.1) is 11.3 Å². The predicted molar refractivity (Wildman–Crippen MR) is 113 cm³/mol. The van der Waals surface area contributed by atoms with Gasteiger partial charge in [-0.25, -0.2) is 9.98 Å². The Labute approximate surface area is 172 Å². The van der Waals surface area contributed by atoms with E-state index in [0.717, 1.165) is 49.1 Å². The average Bonchev–Trinajstić information content (AvgIpc) is 3.36. The van der Waals surface area contributed by atoms with Crippen molar-refractivity contribution in [1.29, 1.82) is 0 Å². The van der Waals surface area contributed by atoms with Crippen molar-refractivity contribution in [3.05, 3.63) is 16.1 Å². The van der Waals surface area contributed by atoms with Gasteiger partial charge >= 0.3 is 0 Å². The molecule has 0 radical (unpaired) electrons. The molecule has 1 unspecified atom stereocenters. The molecule has 2 aliphatic rings.